The molecule has 2 aromatic rings. The van der Waals surface area contributed by atoms with Crippen molar-refractivity contribution >= 4 is 0 Å². The van der Waals surface area contributed by atoms with E-state index in [2.05, 4.69) is 33.8 Å². The van der Waals surface area contributed by atoms with Crippen molar-refractivity contribution in [3.63, 3.8) is 0 Å². The third-order valence-corrected chi connectivity index (χ3v) is 4.61. The number of nitrogens with zero attached hydrogens (tertiary/aromatic N) is 2. The van der Waals surface area contributed by atoms with E-state index in [1.165, 1.54) is 24.0 Å². The van der Waals surface area contributed by atoms with E-state index in [9.17, 15) is 0 Å². The maximum absolute atomic E-state index is 6.44. The molecule has 3 rings (SSSR count). The Hall–Kier alpha value is -1.61. The van der Waals surface area contributed by atoms with Crippen LogP contribution in [0.4, 0.5) is 0 Å². The minimum atomic E-state index is 0.278. The predicted octanol–water partition coefficient (Wildman–Crippen LogP) is 2.49. The molecular weight excluding hydrogens is 246 g/mol. The van der Waals surface area contributed by atoms with E-state index in [-0.39, 0.29) is 6.04 Å². The Bertz CT molecular complexity index is 573. The van der Waals surface area contributed by atoms with Crippen molar-refractivity contribution in [2.45, 2.75) is 38.1 Å². The molecule has 2 N–H and O–H groups in total. The molecule has 1 aliphatic rings. The van der Waals surface area contributed by atoms with E-state index in [0.717, 1.165) is 25.1 Å². The van der Waals surface area contributed by atoms with Gasteiger partial charge in [-0.15, -0.1) is 0 Å². The van der Waals surface area contributed by atoms with E-state index in [4.69, 9.17) is 5.73 Å². The molecule has 1 aliphatic carbocycles. The van der Waals surface area contributed by atoms with Crippen LogP contribution in [0.2, 0.25) is 0 Å². The zero-order chi connectivity index (χ0) is 13.9. The topological polar surface area (TPSA) is 43.8 Å². The van der Waals surface area contributed by atoms with Gasteiger partial charge in [-0.3, -0.25) is 0 Å². The number of nitrogens with two attached hydrogens (primary N) is 1. The van der Waals surface area contributed by atoms with Gasteiger partial charge in [-0.05, 0) is 42.7 Å². The maximum Gasteiger partial charge on any atom is 0.108 e. The summed E-state index contributed by atoms with van der Waals surface area (Å²) in [6, 6.07) is 9.07. The Balaban J connectivity index is 1.59. The number of rotatable bonds is 4. The smallest absolute Gasteiger partial charge is 0.108 e. The highest BCUT2D eigenvalue weighted by Gasteiger charge is 2.23. The Morgan fingerprint density at radius 2 is 2.15 bits per heavy atom. The van der Waals surface area contributed by atoms with E-state index < -0.39 is 0 Å². The van der Waals surface area contributed by atoms with Crippen molar-refractivity contribution in [3.8, 4) is 0 Å². The Kier molecular flexibility index (Phi) is 3.88. The summed E-state index contributed by atoms with van der Waals surface area (Å²) in [7, 11) is 2.05. The second-order valence-electron chi connectivity index (χ2n) is 5.93. The number of hydrogen-bond donors (Lipinski definition) is 1. The number of fused-ring (bicyclic) bond motifs is 1. The van der Waals surface area contributed by atoms with E-state index in [1.54, 1.807) is 0 Å². The lowest BCUT2D eigenvalue weighted by atomic mass is 9.79. The molecule has 0 saturated carbocycles. The summed E-state index contributed by atoms with van der Waals surface area (Å²) in [4.78, 5) is 4.38. The molecule has 3 nitrogen and oxygen atoms in total. The van der Waals surface area contributed by atoms with Crippen LogP contribution in [0.25, 0.3) is 0 Å². The summed E-state index contributed by atoms with van der Waals surface area (Å²) >= 11 is 0. The SMILES string of the molecule is Cn1ccnc1CCC(N)C1CCc2ccccc2C1. The second-order valence-corrected chi connectivity index (χ2v) is 5.93. The Labute approximate surface area is 120 Å². The first-order valence-corrected chi connectivity index (χ1v) is 7.52. The molecule has 0 amide bonds. The molecular formula is C17H23N3. The number of imidazole rings is 1. The van der Waals surface area contributed by atoms with E-state index in [1.807, 2.05) is 19.4 Å². The molecule has 20 heavy (non-hydrogen) atoms. The molecule has 0 spiro atoms. The fourth-order valence-electron chi connectivity index (χ4n) is 3.26. The zero-order valence-corrected chi connectivity index (χ0v) is 12.1. The van der Waals surface area contributed by atoms with Gasteiger partial charge in [0.25, 0.3) is 0 Å². The van der Waals surface area contributed by atoms with Gasteiger partial charge < -0.3 is 10.3 Å². The molecule has 0 fully saturated rings. The van der Waals surface area contributed by atoms with Crippen LogP contribution < -0.4 is 5.73 Å². The van der Waals surface area contributed by atoms with Crippen LogP contribution in [0.15, 0.2) is 36.7 Å². The maximum atomic E-state index is 6.44. The Morgan fingerprint density at radius 3 is 2.90 bits per heavy atom. The van der Waals surface area contributed by atoms with Crippen LogP contribution in [-0.4, -0.2) is 15.6 Å². The third-order valence-electron chi connectivity index (χ3n) is 4.61. The van der Waals surface area contributed by atoms with Crippen molar-refractivity contribution < 1.29 is 0 Å². The van der Waals surface area contributed by atoms with Crippen molar-refractivity contribution in [2.24, 2.45) is 18.7 Å². The summed E-state index contributed by atoms with van der Waals surface area (Å²) in [5.74, 6) is 1.75. The fraction of sp³-hybridized carbons (Fsp3) is 0.471. The first-order chi connectivity index (χ1) is 9.74. The largest absolute Gasteiger partial charge is 0.338 e. The highest BCUT2D eigenvalue weighted by Crippen LogP contribution is 2.28. The van der Waals surface area contributed by atoms with Crippen LogP contribution in [0, 0.1) is 5.92 Å². The van der Waals surface area contributed by atoms with Gasteiger partial charge in [-0.1, -0.05) is 24.3 Å². The summed E-state index contributed by atoms with van der Waals surface area (Å²) in [6.07, 6.45) is 9.39. The average molecular weight is 269 g/mol. The van der Waals surface area contributed by atoms with Crippen LogP contribution in [0.1, 0.15) is 29.8 Å². The fourth-order valence-corrected chi connectivity index (χ4v) is 3.26. The van der Waals surface area contributed by atoms with Crippen LogP contribution in [0.5, 0.6) is 0 Å². The van der Waals surface area contributed by atoms with Crippen molar-refractivity contribution in [1.29, 1.82) is 0 Å². The van der Waals surface area contributed by atoms with Gasteiger partial charge in [0.05, 0.1) is 0 Å². The summed E-state index contributed by atoms with van der Waals surface area (Å²) in [5, 5.41) is 0. The van der Waals surface area contributed by atoms with Crippen molar-refractivity contribution in [1.82, 2.24) is 9.55 Å². The Morgan fingerprint density at radius 1 is 1.35 bits per heavy atom. The van der Waals surface area contributed by atoms with Gasteiger partial charge in [0.2, 0.25) is 0 Å². The predicted molar refractivity (Wildman–Crippen MR) is 81.5 cm³/mol. The number of benzene rings is 1. The lowest BCUT2D eigenvalue weighted by molar-refractivity contribution is 0.357. The summed E-state index contributed by atoms with van der Waals surface area (Å²) in [5.41, 5.74) is 9.45. The second kappa shape index (κ2) is 5.80. The van der Waals surface area contributed by atoms with Crippen LogP contribution in [-0.2, 0) is 26.3 Å². The van der Waals surface area contributed by atoms with Crippen LogP contribution in [0.3, 0.4) is 0 Å². The first kappa shape index (κ1) is 13.4. The number of aromatic nitrogens is 2. The van der Waals surface area contributed by atoms with Gasteiger partial charge in [0.1, 0.15) is 5.82 Å². The number of hydrogen-bond acceptors (Lipinski definition) is 2. The number of aryl methyl sites for hydroxylation is 3. The molecule has 0 radical (unpaired) electrons. The first-order valence-electron chi connectivity index (χ1n) is 7.52. The van der Waals surface area contributed by atoms with E-state index in [0.29, 0.717) is 5.92 Å². The van der Waals surface area contributed by atoms with Crippen molar-refractivity contribution in [2.75, 3.05) is 0 Å². The normalized spacial score (nSPS) is 19.6. The summed E-state index contributed by atoms with van der Waals surface area (Å²) < 4.78 is 2.09. The third kappa shape index (κ3) is 2.78. The van der Waals surface area contributed by atoms with Crippen LogP contribution >= 0.6 is 0 Å². The van der Waals surface area contributed by atoms with Gasteiger partial charge in [0, 0.05) is 31.9 Å². The molecule has 0 bridgehead atoms. The molecule has 3 heteroatoms. The van der Waals surface area contributed by atoms with Crippen molar-refractivity contribution in [3.05, 3.63) is 53.6 Å². The standard InChI is InChI=1S/C17H23N3/c1-20-11-10-19-17(20)9-8-16(18)15-7-6-13-4-2-3-5-14(13)12-15/h2-5,10-11,15-16H,6-9,12,18H2,1H3. The van der Waals surface area contributed by atoms with Gasteiger partial charge in [-0.2, -0.15) is 0 Å². The lowest BCUT2D eigenvalue weighted by Crippen LogP contribution is -2.34. The minimum absolute atomic E-state index is 0.278. The molecule has 0 aliphatic heterocycles. The lowest BCUT2D eigenvalue weighted by Gasteiger charge is -2.29. The molecule has 0 saturated heterocycles. The highest BCUT2D eigenvalue weighted by molar-refractivity contribution is 5.29. The summed E-state index contributed by atoms with van der Waals surface area (Å²) in [6.45, 7) is 0. The molecule has 2 unspecified atom stereocenters. The monoisotopic (exact) mass is 269 g/mol. The van der Waals surface area contributed by atoms with Gasteiger partial charge >= 0.3 is 0 Å². The van der Waals surface area contributed by atoms with Gasteiger partial charge in [-0.25, -0.2) is 4.98 Å². The highest BCUT2D eigenvalue weighted by atomic mass is 15.0. The van der Waals surface area contributed by atoms with E-state index >= 15 is 0 Å². The molecule has 106 valence electrons. The molecule has 2 atom stereocenters. The molecule has 1 heterocycles. The zero-order valence-electron chi connectivity index (χ0n) is 12.1. The average Bonchev–Trinajstić information content (AvgIpc) is 2.89. The molecule has 1 aromatic carbocycles. The molecule has 1 aromatic heterocycles. The van der Waals surface area contributed by atoms with Gasteiger partial charge in [0.15, 0.2) is 0 Å². The quantitative estimate of drug-likeness (QED) is 0.926. The minimum Gasteiger partial charge on any atom is -0.338 e.